The number of carbonyl (C=O) groups is 2. The standard InChI is InChI=1S/C25H32N4O2/c1-27(18-23(30)26-22-12-13-22)19-24(31)28-14-16-29(17-15-28)25(20-8-4-2-5-9-20)21-10-6-3-7-11-21/h2-11,22,25H,12-19H2,1H3,(H,26,30). The normalized spacial score (nSPS) is 17.2. The molecule has 31 heavy (non-hydrogen) atoms. The number of rotatable bonds is 8. The summed E-state index contributed by atoms with van der Waals surface area (Å²) in [6, 6.07) is 21.7. The van der Waals surface area contributed by atoms with Gasteiger partial charge in [0.15, 0.2) is 0 Å². The molecular formula is C25H32N4O2. The van der Waals surface area contributed by atoms with Crippen LogP contribution in [-0.2, 0) is 9.59 Å². The fourth-order valence-corrected chi connectivity index (χ4v) is 4.25. The number of nitrogens with zero attached hydrogens (tertiary/aromatic N) is 3. The number of carbonyl (C=O) groups excluding carboxylic acids is 2. The average Bonchev–Trinajstić information content (AvgIpc) is 3.59. The molecule has 2 fully saturated rings. The Labute approximate surface area is 184 Å². The van der Waals surface area contributed by atoms with Gasteiger partial charge in [0.05, 0.1) is 19.1 Å². The van der Waals surface area contributed by atoms with Gasteiger partial charge in [0, 0.05) is 32.2 Å². The fraction of sp³-hybridized carbons (Fsp3) is 0.440. The van der Waals surface area contributed by atoms with E-state index in [0.29, 0.717) is 19.1 Å². The first kappa shape index (κ1) is 21.5. The first-order chi connectivity index (χ1) is 15.1. The van der Waals surface area contributed by atoms with Gasteiger partial charge < -0.3 is 10.2 Å². The van der Waals surface area contributed by atoms with Crippen molar-refractivity contribution in [1.82, 2.24) is 20.0 Å². The number of hydrogen-bond donors (Lipinski definition) is 1. The largest absolute Gasteiger partial charge is 0.352 e. The molecule has 4 rings (SSSR count). The summed E-state index contributed by atoms with van der Waals surface area (Å²) in [5, 5.41) is 2.97. The van der Waals surface area contributed by atoms with Gasteiger partial charge in [-0.25, -0.2) is 0 Å². The van der Waals surface area contributed by atoms with Gasteiger partial charge in [-0.2, -0.15) is 0 Å². The van der Waals surface area contributed by atoms with E-state index in [-0.39, 0.29) is 30.9 Å². The lowest BCUT2D eigenvalue weighted by atomic mass is 9.96. The second-order valence-electron chi connectivity index (χ2n) is 8.65. The van der Waals surface area contributed by atoms with Crippen LogP contribution in [0.1, 0.15) is 30.0 Å². The third-order valence-electron chi connectivity index (χ3n) is 6.02. The predicted octanol–water partition coefficient (Wildman–Crippen LogP) is 2.13. The second-order valence-corrected chi connectivity index (χ2v) is 8.65. The van der Waals surface area contributed by atoms with Crippen LogP contribution in [0.15, 0.2) is 60.7 Å². The minimum atomic E-state index is 0.0104. The Morgan fingerprint density at radius 3 is 1.97 bits per heavy atom. The molecule has 2 aliphatic rings. The van der Waals surface area contributed by atoms with E-state index < -0.39 is 0 Å². The van der Waals surface area contributed by atoms with Crippen molar-refractivity contribution in [1.29, 1.82) is 0 Å². The highest BCUT2D eigenvalue weighted by atomic mass is 16.2. The van der Waals surface area contributed by atoms with E-state index in [2.05, 4.69) is 58.7 Å². The SMILES string of the molecule is CN(CC(=O)NC1CC1)CC(=O)N1CCN(C(c2ccccc2)c2ccccc2)CC1. The van der Waals surface area contributed by atoms with Gasteiger partial charge in [0.1, 0.15) is 0 Å². The van der Waals surface area contributed by atoms with Crippen molar-refractivity contribution in [2.75, 3.05) is 46.3 Å². The summed E-state index contributed by atoms with van der Waals surface area (Å²) < 4.78 is 0. The van der Waals surface area contributed by atoms with Crippen LogP contribution in [0.3, 0.4) is 0 Å². The van der Waals surface area contributed by atoms with Crippen LogP contribution in [0.2, 0.25) is 0 Å². The Morgan fingerprint density at radius 2 is 1.45 bits per heavy atom. The van der Waals surface area contributed by atoms with Gasteiger partial charge in [0.2, 0.25) is 11.8 Å². The number of piperazine rings is 1. The van der Waals surface area contributed by atoms with Crippen LogP contribution in [0, 0.1) is 0 Å². The summed E-state index contributed by atoms with van der Waals surface area (Å²) in [4.78, 5) is 30.9. The second kappa shape index (κ2) is 10.1. The smallest absolute Gasteiger partial charge is 0.236 e. The molecule has 6 heteroatoms. The highest BCUT2D eigenvalue weighted by Gasteiger charge is 2.29. The van der Waals surface area contributed by atoms with E-state index in [1.165, 1.54) is 11.1 Å². The van der Waals surface area contributed by atoms with Crippen LogP contribution >= 0.6 is 0 Å². The van der Waals surface area contributed by atoms with E-state index in [9.17, 15) is 9.59 Å². The molecule has 2 amide bonds. The summed E-state index contributed by atoms with van der Waals surface area (Å²) in [5.41, 5.74) is 2.55. The maximum atomic E-state index is 12.8. The molecule has 1 N–H and O–H groups in total. The summed E-state index contributed by atoms with van der Waals surface area (Å²) in [7, 11) is 1.83. The maximum absolute atomic E-state index is 12.8. The van der Waals surface area contributed by atoms with Gasteiger partial charge in [-0.3, -0.25) is 19.4 Å². The summed E-state index contributed by atoms with van der Waals surface area (Å²) in [6.07, 6.45) is 2.15. The maximum Gasteiger partial charge on any atom is 0.236 e. The van der Waals surface area contributed by atoms with E-state index in [4.69, 9.17) is 0 Å². The number of amides is 2. The van der Waals surface area contributed by atoms with Crippen LogP contribution < -0.4 is 5.32 Å². The highest BCUT2D eigenvalue weighted by molar-refractivity contribution is 5.81. The minimum Gasteiger partial charge on any atom is -0.352 e. The van der Waals surface area contributed by atoms with Gasteiger partial charge in [-0.05, 0) is 31.0 Å². The summed E-state index contributed by atoms with van der Waals surface area (Å²) in [5.74, 6) is 0.105. The lowest BCUT2D eigenvalue weighted by molar-refractivity contribution is -0.134. The third kappa shape index (κ3) is 5.93. The number of nitrogens with one attached hydrogen (secondary N) is 1. The molecule has 0 bridgehead atoms. The minimum absolute atomic E-state index is 0.0104. The molecule has 1 saturated heterocycles. The molecule has 1 heterocycles. The van der Waals surface area contributed by atoms with Crippen LogP contribution in [-0.4, -0.2) is 78.9 Å². The molecule has 6 nitrogen and oxygen atoms in total. The number of benzene rings is 2. The molecule has 0 radical (unpaired) electrons. The summed E-state index contributed by atoms with van der Waals surface area (Å²) >= 11 is 0. The number of likely N-dealkylation sites (N-methyl/N-ethyl adjacent to an activating group) is 1. The first-order valence-electron chi connectivity index (χ1n) is 11.2. The Morgan fingerprint density at radius 1 is 0.903 bits per heavy atom. The quantitative estimate of drug-likeness (QED) is 0.711. The topological polar surface area (TPSA) is 55.9 Å². The van der Waals surface area contributed by atoms with E-state index in [1.807, 2.05) is 29.0 Å². The lowest BCUT2D eigenvalue weighted by Crippen LogP contribution is -2.52. The Bertz CT molecular complexity index is 822. The molecule has 2 aromatic carbocycles. The molecule has 2 aromatic rings. The fourth-order valence-electron chi connectivity index (χ4n) is 4.25. The van der Waals surface area contributed by atoms with Crippen LogP contribution in [0.25, 0.3) is 0 Å². The summed E-state index contributed by atoms with van der Waals surface area (Å²) in [6.45, 7) is 3.61. The molecule has 0 aromatic heterocycles. The lowest BCUT2D eigenvalue weighted by Gasteiger charge is -2.40. The van der Waals surface area contributed by atoms with Crippen LogP contribution in [0.5, 0.6) is 0 Å². The van der Waals surface area contributed by atoms with Crippen molar-refractivity contribution in [3.05, 3.63) is 71.8 Å². The molecule has 1 saturated carbocycles. The zero-order valence-corrected chi connectivity index (χ0v) is 18.2. The van der Waals surface area contributed by atoms with Crippen molar-refractivity contribution < 1.29 is 9.59 Å². The zero-order valence-electron chi connectivity index (χ0n) is 18.2. The molecule has 0 spiro atoms. The van der Waals surface area contributed by atoms with Crippen molar-refractivity contribution in [2.45, 2.75) is 24.9 Å². The van der Waals surface area contributed by atoms with Gasteiger partial charge in [-0.15, -0.1) is 0 Å². The Hall–Kier alpha value is -2.70. The van der Waals surface area contributed by atoms with E-state index in [0.717, 1.165) is 25.9 Å². The van der Waals surface area contributed by atoms with Crippen molar-refractivity contribution in [2.24, 2.45) is 0 Å². The van der Waals surface area contributed by atoms with E-state index >= 15 is 0 Å². The van der Waals surface area contributed by atoms with Crippen molar-refractivity contribution >= 4 is 11.8 Å². The predicted molar refractivity (Wildman–Crippen MR) is 122 cm³/mol. The molecule has 0 atom stereocenters. The van der Waals surface area contributed by atoms with Gasteiger partial charge >= 0.3 is 0 Å². The van der Waals surface area contributed by atoms with Gasteiger partial charge in [0.25, 0.3) is 0 Å². The first-order valence-corrected chi connectivity index (χ1v) is 11.2. The molecule has 1 aliphatic carbocycles. The molecule has 0 unspecified atom stereocenters. The Kier molecular flexibility index (Phi) is 6.99. The van der Waals surface area contributed by atoms with Crippen molar-refractivity contribution in [3.63, 3.8) is 0 Å². The average molecular weight is 421 g/mol. The molecule has 164 valence electrons. The monoisotopic (exact) mass is 420 g/mol. The van der Waals surface area contributed by atoms with Crippen molar-refractivity contribution in [3.8, 4) is 0 Å². The highest BCUT2D eigenvalue weighted by Crippen LogP contribution is 2.29. The Balaban J connectivity index is 1.33. The molecular weight excluding hydrogens is 388 g/mol. The number of hydrogen-bond acceptors (Lipinski definition) is 4. The molecule has 1 aliphatic heterocycles. The third-order valence-corrected chi connectivity index (χ3v) is 6.02. The van der Waals surface area contributed by atoms with Gasteiger partial charge in [-0.1, -0.05) is 60.7 Å². The van der Waals surface area contributed by atoms with Crippen LogP contribution in [0.4, 0.5) is 0 Å². The zero-order chi connectivity index (χ0) is 21.6. The van der Waals surface area contributed by atoms with E-state index in [1.54, 1.807) is 0 Å².